The Morgan fingerprint density at radius 2 is 1.88 bits per heavy atom. The summed E-state index contributed by atoms with van der Waals surface area (Å²) in [5.41, 5.74) is 0.338. The lowest BCUT2D eigenvalue weighted by Gasteiger charge is -2.30. The van der Waals surface area contributed by atoms with Gasteiger partial charge in [-0.3, -0.25) is 0 Å². The third-order valence-electron chi connectivity index (χ3n) is 3.89. The summed E-state index contributed by atoms with van der Waals surface area (Å²) in [5, 5.41) is 1.04. The lowest BCUT2D eigenvalue weighted by Crippen LogP contribution is -2.29. The van der Waals surface area contributed by atoms with E-state index >= 15 is 0 Å². The number of halogens is 1. The topological polar surface area (TPSA) is 18.5 Å². The van der Waals surface area contributed by atoms with Gasteiger partial charge in [-0.1, -0.05) is 29.8 Å². The summed E-state index contributed by atoms with van der Waals surface area (Å²) in [6.07, 6.45) is 4.70. The average molecular weight is 293 g/mol. The monoisotopic (exact) mass is 292 g/mol. The van der Waals surface area contributed by atoms with Gasteiger partial charge >= 0.3 is 0 Å². The Hall–Kier alpha value is 0.400. The van der Waals surface area contributed by atoms with Crippen LogP contribution in [0, 0.1) is 11.3 Å². The molecule has 96 valence electrons. The molecule has 0 N–H and O–H groups in total. The molecule has 1 heterocycles. The van der Waals surface area contributed by atoms with E-state index in [1.54, 1.807) is 0 Å². The molecule has 0 unspecified atom stereocenters. The quantitative estimate of drug-likeness (QED) is 0.667. The first-order valence-electron chi connectivity index (χ1n) is 6.48. The molecule has 0 saturated carbocycles. The van der Waals surface area contributed by atoms with E-state index in [0.717, 1.165) is 37.7 Å². The zero-order valence-corrected chi connectivity index (χ0v) is 12.2. The molecule has 1 aliphatic rings. The van der Waals surface area contributed by atoms with Crippen LogP contribution in [0.5, 0.6) is 0 Å². The highest BCUT2D eigenvalue weighted by molar-refractivity contribution is 9.09. The van der Waals surface area contributed by atoms with Crippen LogP contribution in [0.25, 0.3) is 0 Å². The summed E-state index contributed by atoms with van der Waals surface area (Å²) < 4.78 is 11.3. The van der Waals surface area contributed by atoms with Gasteiger partial charge in [0, 0.05) is 30.6 Å². The van der Waals surface area contributed by atoms with Crippen molar-refractivity contribution >= 4 is 15.9 Å². The molecule has 1 fully saturated rings. The van der Waals surface area contributed by atoms with Crippen LogP contribution in [-0.2, 0) is 9.47 Å². The normalized spacial score (nSPS) is 18.9. The predicted octanol–water partition coefficient (Wildman–Crippen LogP) is 3.63. The van der Waals surface area contributed by atoms with Crippen LogP contribution in [0.2, 0.25) is 0 Å². The van der Waals surface area contributed by atoms with Gasteiger partial charge in [-0.15, -0.1) is 0 Å². The zero-order chi connectivity index (χ0) is 11.9. The van der Waals surface area contributed by atoms with E-state index in [9.17, 15) is 0 Å². The summed E-state index contributed by atoms with van der Waals surface area (Å²) in [7, 11) is 0. The SMILES string of the molecule is CCC(CC)(CBr)COCC1CCOCC1. The molecule has 2 nitrogen and oxygen atoms in total. The molecule has 0 aromatic heterocycles. The molecule has 1 rings (SSSR count). The van der Waals surface area contributed by atoms with Gasteiger partial charge in [-0.25, -0.2) is 0 Å². The summed E-state index contributed by atoms with van der Waals surface area (Å²) in [6, 6.07) is 0. The van der Waals surface area contributed by atoms with E-state index in [4.69, 9.17) is 9.47 Å². The van der Waals surface area contributed by atoms with Crippen molar-refractivity contribution < 1.29 is 9.47 Å². The molecule has 0 atom stereocenters. The van der Waals surface area contributed by atoms with Crippen molar-refractivity contribution in [1.29, 1.82) is 0 Å². The van der Waals surface area contributed by atoms with Gasteiger partial charge in [-0.05, 0) is 31.6 Å². The van der Waals surface area contributed by atoms with Crippen molar-refractivity contribution in [2.45, 2.75) is 39.5 Å². The molecule has 1 aliphatic heterocycles. The van der Waals surface area contributed by atoms with E-state index in [0.29, 0.717) is 5.41 Å². The van der Waals surface area contributed by atoms with Crippen molar-refractivity contribution in [1.82, 2.24) is 0 Å². The molecule has 0 amide bonds. The number of hydrogen-bond acceptors (Lipinski definition) is 2. The maximum absolute atomic E-state index is 5.93. The van der Waals surface area contributed by atoms with E-state index in [-0.39, 0.29) is 0 Å². The third kappa shape index (κ3) is 4.34. The number of hydrogen-bond donors (Lipinski definition) is 0. The molecule has 1 saturated heterocycles. The van der Waals surface area contributed by atoms with Crippen LogP contribution < -0.4 is 0 Å². The van der Waals surface area contributed by atoms with Crippen molar-refractivity contribution in [2.75, 3.05) is 31.8 Å². The zero-order valence-electron chi connectivity index (χ0n) is 10.6. The molecule has 16 heavy (non-hydrogen) atoms. The Bertz CT molecular complexity index is 167. The Morgan fingerprint density at radius 3 is 2.38 bits per heavy atom. The van der Waals surface area contributed by atoms with E-state index in [1.807, 2.05) is 0 Å². The Morgan fingerprint density at radius 1 is 1.25 bits per heavy atom. The van der Waals surface area contributed by atoms with E-state index < -0.39 is 0 Å². The van der Waals surface area contributed by atoms with Gasteiger partial charge in [0.1, 0.15) is 0 Å². The minimum Gasteiger partial charge on any atom is -0.381 e. The van der Waals surface area contributed by atoms with Gasteiger partial charge in [0.15, 0.2) is 0 Å². The third-order valence-corrected chi connectivity index (χ3v) is 5.08. The summed E-state index contributed by atoms with van der Waals surface area (Å²) in [5.74, 6) is 0.718. The van der Waals surface area contributed by atoms with Gasteiger partial charge in [-0.2, -0.15) is 0 Å². The lowest BCUT2D eigenvalue weighted by atomic mass is 9.86. The van der Waals surface area contributed by atoms with Crippen molar-refractivity contribution in [2.24, 2.45) is 11.3 Å². The highest BCUT2D eigenvalue weighted by Gasteiger charge is 2.25. The molecule has 0 aromatic carbocycles. The lowest BCUT2D eigenvalue weighted by molar-refractivity contribution is -0.00591. The van der Waals surface area contributed by atoms with Crippen LogP contribution in [0.4, 0.5) is 0 Å². The molecule has 0 radical (unpaired) electrons. The number of ether oxygens (including phenoxy) is 2. The fraction of sp³-hybridized carbons (Fsp3) is 1.00. The Labute approximate surface area is 108 Å². The van der Waals surface area contributed by atoms with E-state index in [1.165, 1.54) is 25.7 Å². The van der Waals surface area contributed by atoms with Gasteiger partial charge < -0.3 is 9.47 Å². The first-order chi connectivity index (χ1) is 7.76. The van der Waals surface area contributed by atoms with Crippen LogP contribution in [0.1, 0.15) is 39.5 Å². The Balaban J connectivity index is 2.21. The second-order valence-corrected chi connectivity index (χ2v) is 5.47. The second-order valence-electron chi connectivity index (χ2n) is 4.91. The van der Waals surface area contributed by atoms with Crippen LogP contribution in [-0.4, -0.2) is 31.8 Å². The minimum atomic E-state index is 0.338. The predicted molar refractivity (Wildman–Crippen MR) is 71.2 cm³/mol. The molecular weight excluding hydrogens is 268 g/mol. The summed E-state index contributed by atoms with van der Waals surface area (Å²) in [6.45, 7) is 8.14. The maximum atomic E-state index is 5.93. The molecule has 0 aromatic rings. The van der Waals surface area contributed by atoms with Gasteiger partial charge in [0.25, 0.3) is 0 Å². The molecule has 0 spiro atoms. The van der Waals surface area contributed by atoms with Crippen LogP contribution in [0.15, 0.2) is 0 Å². The fourth-order valence-corrected chi connectivity index (χ4v) is 2.99. The highest BCUT2D eigenvalue weighted by Crippen LogP contribution is 2.29. The minimum absolute atomic E-state index is 0.338. The van der Waals surface area contributed by atoms with Crippen LogP contribution >= 0.6 is 15.9 Å². The molecule has 0 aliphatic carbocycles. The van der Waals surface area contributed by atoms with E-state index in [2.05, 4.69) is 29.8 Å². The Kier molecular flexibility index (Phi) is 6.94. The summed E-state index contributed by atoms with van der Waals surface area (Å²) >= 11 is 3.62. The van der Waals surface area contributed by atoms with Gasteiger partial charge in [0.05, 0.1) is 6.61 Å². The maximum Gasteiger partial charge on any atom is 0.0530 e. The largest absolute Gasteiger partial charge is 0.381 e. The fourth-order valence-electron chi connectivity index (χ4n) is 2.04. The first-order valence-corrected chi connectivity index (χ1v) is 7.60. The van der Waals surface area contributed by atoms with Crippen LogP contribution in [0.3, 0.4) is 0 Å². The standard InChI is InChI=1S/C13H25BrO2/c1-3-13(4-2,10-14)11-16-9-12-5-7-15-8-6-12/h12H,3-11H2,1-2H3. The van der Waals surface area contributed by atoms with Gasteiger partial charge in [0.2, 0.25) is 0 Å². The van der Waals surface area contributed by atoms with Crippen molar-refractivity contribution in [3.63, 3.8) is 0 Å². The van der Waals surface area contributed by atoms with Crippen molar-refractivity contribution in [3.05, 3.63) is 0 Å². The highest BCUT2D eigenvalue weighted by atomic mass is 79.9. The molecular formula is C13H25BrO2. The average Bonchev–Trinajstić information content (AvgIpc) is 2.37. The molecule has 0 bridgehead atoms. The first kappa shape index (κ1) is 14.5. The smallest absolute Gasteiger partial charge is 0.0530 e. The number of rotatable bonds is 7. The second kappa shape index (κ2) is 7.67. The molecule has 3 heteroatoms. The van der Waals surface area contributed by atoms with Crippen molar-refractivity contribution in [3.8, 4) is 0 Å². The number of alkyl halides is 1. The summed E-state index contributed by atoms with van der Waals surface area (Å²) in [4.78, 5) is 0.